The molecule has 1 fully saturated rings. The number of carbonyl (C=O) groups is 1. The van der Waals surface area contributed by atoms with E-state index in [1.54, 1.807) is 12.3 Å². The average molecular weight is 351 g/mol. The summed E-state index contributed by atoms with van der Waals surface area (Å²) in [6, 6.07) is 1.87. The van der Waals surface area contributed by atoms with Crippen LogP contribution in [-0.4, -0.2) is 31.7 Å². The van der Waals surface area contributed by atoms with Gasteiger partial charge in [-0.2, -0.15) is 0 Å². The fraction of sp³-hybridized carbons (Fsp3) is 0.438. The Labute approximate surface area is 144 Å². The van der Waals surface area contributed by atoms with Crippen LogP contribution < -0.4 is 5.32 Å². The lowest BCUT2D eigenvalue weighted by Gasteiger charge is -2.28. The number of hydrogen-bond acceptors (Lipinski definition) is 4. The van der Waals surface area contributed by atoms with Gasteiger partial charge in [-0.15, -0.1) is 0 Å². The van der Waals surface area contributed by atoms with Crippen LogP contribution in [0.15, 0.2) is 36.0 Å². The van der Waals surface area contributed by atoms with E-state index in [0.29, 0.717) is 15.8 Å². The highest BCUT2D eigenvalue weighted by Crippen LogP contribution is 2.32. The number of halogens is 1. The Hall–Kier alpha value is -1.53. The van der Waals surface area contributed by atoms with Gasteiger partial charge in [-0.1, -0.05) is 23.4 Å². The van der Waals surface area contributed by atoms with Gasteiger partial charge in [-0.3, -0.25) is 9.78 Å². The Morgan fingerprint density at radius 2 is 2.13 bits per heavy atom. The molecule has 2 heterocycles. The van der Waals surface area contributed by atoms with Crippen LogP contribution in [0.5, 0.6) is 0 Å². The van der Waals surface area contributed by atoms with Crippen molar-refractivity contribution >= 4 is 29.3 Å². The van der Waals surface area contributed by atoms with Crippen molar-refractivity contribution in [3.8, 4) is 0 Å². The third-order valence-corrected chi connectivity index (χ3v) is 5.64. The summed E-state index contributed by atoms with van der Waals surface area (Å²) in [5, 5.41) is 5.19. The van der Waals surface area contributed by atoms with Gasteiger partial charge in [-0.05, 0) is 31.7 Å². The first-order chi connectivity index (χ1) is 11.1. The van der Waals surface area contributed by atoms with E-state index in [-0.39, 0.29) is 11.9 Å². The molecule has 0 radical (unpaired) electrons. The van der Waals surface area contributed by atoms with E-state index in [2.05, 4.69) is 15.3 Å². The van der Waals surface area contributed by atoms with Crippen molar-refractivity contribution in [3.63, 3.8) is 0 Å². The molecule has 1 aliphatic rings. The first kappa shape index (κ1) is 16.3. The van der Waals surface area contributed by atoms with Crippen molar-refractivity contribution in [3.05, 3.63) is 41.4 Å². The first-order valence-corrected chi connectivity index (χ1v) is 8.93. The Kier molecular flexibility index (Phi) is 5.23. The first-order valence-electron chi connectivity index (χ1n) is 7.67. The fourth-order valence-electron chi connectivity index (χ4n) is 2.74. The van der Waals surface area contributed by atoms with Crippen LogP contribution in [0.4, 0.5) is 0 Å². The smallest absolute Gasteiger partial charge is 0.253 e. The molecule has 1 saturated carbocycles. The van der Waals surface area contributed by atoms with Crippen LogP contribution in [0.25, 0.3) is 0 Å². The number of thioether (sulfide) groups is 1. The molecule has 0 saturated heterocycles. The van der Waals surface area contributed by atoms with Crippen molar-refractivity contribution in [1.29, 1.82) is 0 Å². The van der Waals surface area contributed by atoms with Crippen molar-refractivity contribution in [2.75, 3.05) is 0 Å². The molecule has 0 unspecified atom stereocenters. The molecule has 1 N–H and O–H groups in total. The predicted molar refractivity (Wildman–Crippen MR) is 91.8 cm³/mol. The lowest BCUT2D eigenvalue weighted by atomic mass is 9.95. The topological polar surface area (TPSA) is 59.8 Å². The Morgan fingerprint density at radius 3 is 2.78 bits per heavy atom. The van der Waals surface area contributed by atoms with Crippen LogP contribution in [0.2, 0.25) is 5.02 Å². The van der Waals surface area contributed by atoms with Crippen molar-refractivity contribution in [1.82, 2.24) is 19.9 Å². The molecule has 1 amide bonds. The van der Waals surface area contributed by atoms with Gasteiger partial charge in [0, 0.05) is 43.1 Å². The number of imidazole rings is 1. The second-order valence-electron chi connectivity index (χ2n) is 5.78. The van der Waals surface area contributed by atoms with Gasteiger partial charge in [-0.25, -0.2) is 4.98 Å². The second kappa shape index (κ2) is 7.36. The molecule has 2 aromatic heterocycles. The van der Waals surface area contributed by atoms with Gasteiger partial charge in [0.05, 0.1) is 10.6 Å². The molecule has 0 aliphatic heterocycles. The number of nitrogens with one attached hydrogen (secondary N) is 1. The Bertz CT molecular complexity index is 682. The van der Waals surface area contributed by atoms with E-state index >= 15 is 0 Å². The van der Waals surface area contributed by atoms with Gasteiger partial charge >= 0.3 is 0 Å². The molecular formula is C16H19ClN4OS. The van der Waals surface area contributed by atoms with Gasteiger partial charge in [0.1, 0.15) is 0 Å². The maximum Gasteiger partial charge on any atom is 0.253 e. The molecule has 23 heavy (non-hydrogen) atoms. The third-order valence-electron chi connectivity index (χ3n) is 4.03. The van der Waals surface area contributed by atoms with E-state index in [1.807, 2.05) is 35.8 Å². The summed E-state index contributed by atoms with van der Waals surface area (Å²) < 4.78 is 2.05. The van der Waals surface area contributed by atoms with Gasteiger partial charge < -0.3 is 9.88 Å². The summed E-state index contributed by atoms with van der Waals surface area (Å²) in [7, 11) is 2.01. The molecular weight excluding hydrogens is 332 g/mol. The SMILES string of the molecule is Cn1ccnc1SC1CCC(NC(=O)c2cncc(Cl)c2)CC1. The molecule has 122 valence electrons. The number of nitrogens with zero attached hydrogens (tertiary/aromatic N) is 3. The third kappa shape index (κ3) is 4.26. The van der Waals surface area contributed by atoms with Crippen LogP contribution >= 0.6 is 23.4 Å². The minimum Gasteiger partial charge on any atom is -0.349 e. The summed E-state index contributed by atoms with van der Waals surface area (Å²) in [6.45, 7) is 0. The van der Waals surface area contributed by atoms with Gasteiger partial charge in [0.25, 0.3) is 5.91 Å². The standard InChI is InChI=1S/C16H19ClN4OS/c1-21-7-6-19-16(21)23-14-4-2-13(3-5-14)20-15(22)11-8-12(17)10-18-9-11/h6-10,13-14H,2-5H2,1H3,(H,20,22). The highest BCUT2D eigenvalue weighted by Gasteiger charge is 2.24. The Balaban J connectivity index is 1.49. The summed E-state index contributed by atoms with van der Waals surface area (Å²) >= 11 is 7.71. The van der Waals surface area contributed by atoms with E-state index in [4.69, 9.17) is 11.6 Å². The van der Waals surface area contributed by atoms with Crippen LogP contribution in [0.3, 0.4) is 0 Å². The van der Waals surface area contributed by atoms with E-state index in [1.165, 1.54) is 6.20 Å². The van der Waals surface area contributed by atoms with Crippen LogP contribution in [0.1, 0.15) is 36.0 Å². The quantitative estimate of drug-likeness (QED) is 0.919. The van der Waals surface area contributed by atoms with Crippen molar-refractivity contribution in [2.24, 2.45) is 7.05 Å². The zero-order valence-corrected chi connectivity index (χ0v) is 14.5. The minimum atomic E-state index is -0.0970. The molecule has 0 aromatic carbocycles. The lowest BCUT2D eigenvalue weighted by Crippen LogP contribution is -2.38. The summed E-state index contributed by atoms with van der Waals surface area (Å²) in [6.07, 6.45) is 11.0. The number of hydrogen-bond donors (Lipinski definition) is 1. The number of amides is 1. The van der Waals surface area contributed by atoms with Gasteiger partial charge in [0.2, 0.25) is 0 Å². The predicted octanol–water partition coefficient (Wildman–Crippen LogP) is 3.30. The number of aryl methyl sites for hydroxylation is 1. The van der Waals surface area contributed by atoms with Crippen molar-refractivity contribution < 1.29 is 4.79 Å². The zero-order valence-electron chi connectivity index (χ0n) is 12.9. The van der Waals surface area contributed by atoms with Gasteiger partial charge in [0.15, 0.2) is 5.16 Å². The molecule has 1 aliphatic carbocycles. The molecule has 0 spiro atoms. The average Bonchev–Trinajstić information content (AvgIpc) is 2.94. The molecule has 0 bridgehead atoms. The highest BCUT2D eigenvalue weighted by atomic mass is 35.5. The number of carbonyl (C=O) groups excluding carboxylic acids is 1. The second-order valence-corrected chi connectivity index (χ2v) is 7.48. The largest absolute Gasteiger partial charge is 0.349 e. The monoisotopic (exact) mass is 350 g/mol. The summed E-state index contributed by atoms with van der Waals surface area (Å²) in [5.74, 6) is -0.0970. The van der Waals surface area contributed by atoms with E-state index < -0.39 is 0 Å². The van der Waals surface area contributed by atoms with E-state index in [0.717, 1.165) is 30.8 Å². The van der Waals surface area contributed by atoms with Crippen LogP contribution in [-0.2, 0) is 7.05 Å². The fourth-order valence-corrected chi connectivity index (χ4v) is 4.07. The zero-order chi connectivity index (χ0) is 16.2. The summed E-state index contributed by atoms with van der Waals surface area (Å²) in [5.41, 5.74) is 0.516. The number of pyridine rings is 1. The molecule has 5 nitrogen and oxygen atoms in total. The van der Waals surface area contributed by atoms with Crippen molar-refractivity contribution in [2.45, 2.75) is 42.1 Å². The molecule has 2 aromatic rings. The lowest BCUT2D eigenvalue weighted by molar-refractivity contribution is 0.0928. The maximum absolute atomic E-state index is 12.2. The van der Waals surface area contributed by atoms with E-state index in [9.17, 15) is 4.79 Å². The Morgan fingerprint density at radius 1 is 1.35 bits per heavy atom. The maximum atomic E-state index is 12.2. The minimum absolute atomic E-state index is 0.0970. The molecule has 3 rings (SSSR count). The highest BCUT2D eigenvalue weighted by molar-refractivity contribution is 7.99. The number of rotatable bonds is 4. The normalized spacial score (nSPS) is 21.1. The molecule has 7 heteroatoms. The van der Waals surface area contributed by atoms with Crippen LogP contribution in [0, 0.1) is 0 Å². The summed E-state index contributed by atoms with van der Waals surface area (Å²) in [4.78, 5) is 20.5. The molecule has 0 atom stereocenters. The number of aromatic nitrogens is 3.